The monoisotopic (exact) mass is 416 g/mol. The number of nitrogens with zero attached hydrogens (tertiary/aromatic N) is 2. The first-order valence-electron chi connectivity index (χ1n) is 7.96. The molecule has 0 radical (unpaired) electrons. The van der Waals surface area contributed by atoms with Crippen molar-refractivity contribution in [3.63, 3.8) is 0 Å². The van der Waals surface area contributed by atoms with Crippen LogP contribution >= 0.6 is 34.8 Å². The zero-order chi connectivity index (χ0) is 19.1. The molecule has 0 amide bonds. The van der Waals surface area contributed by atoms with Gasteiger partial charge >= 0.3 is 0 Å². The summed E-state index contributed by atoms with van der Waals surface area (Å²) in [6.07, 6.45) is 1.34. The summed E-state index contributed by atoms with van der Waals surface area (Å²) < 4.78 is 2.13. The zero-order valence-electron chi connectivity index (χ0n) is 13.7. The Morgan fingerprint density at radius 3 is 2.19 bits per heavy atom. The Labute approximate surface area is 169 Å². The maximum Gasteiger partial charge on any atom is 0.255 e. The van der Waals surface area contributed by atoms with Crippen LogP contribution in [0.4, 0.5) is 0 Å². The highest BCUT2D eigenvalue weighted by molar-refractivity contribution is 6.38. The summed E-state index contributed by atoms with van der Waals surface area (Å²) in [5.74, 6) is 0. The molecule has 27 heavy (non-hydrogen) atoms. The molecule has 0 fully saturated rings. The SMILES string of the molecule is O=c1ccc2c(-c3ccccc3Cl)[n+]([O-])ccc2n1-c1c(Cl)cccc1Cl. The predicted octanol–water partition coefficient (Wildman–Crippen LogP) is 5.25. The van der Waals surface area contributed by atoms with Gasteiger partial charge in [-0.15, -0.1) is 0 Å². The molecule has 0 N–H and O–H groups in total. The van der Waals surface area contributed by atoms with Crippen molar-refractivity contribution < 1.29 is 4.73 Å². The number of benzene rings is 2. The summed E-state index contributed by atoms with van der Waals surface area (Å²) in [7, 11) is 0. The van der Waals surface area contributed by atoms with E-state index < -0.39 is 0 Å². The van der Waals surface area contributed by atoms with Crippen LogP contribution in [0.2, 0.25) is 15.1 Å². The largest absolute Gasteiger partial charge is 0.618 e. The maximum absolute atomic E-state index is 12.7. The number of hydrogen-bond donors (Lipinski definition) is 0. The van der Waals surface area contributed by atoms with Crippen LogP contribution in [-0.2, 0) is 0 Å². The molecule has 0 unspecified atom stereocenters. The summed E-state index contributed by atoms with van der Waals surface area (Å²) in [6, 6.07) is 16.6. The first-order valence-corrected chi connectivity index (χ1v) is 9.09. The predicted molar refractivity (Wildman–Crippen MR) is 109 cm³/mol. The van der Waals surface area contributed by atoms with Gasteiger partial charge in [-0.1, -0.05) is 53.0 Å². The van der Waals surface area contributed by atoms with Gasteiger partial charge in [0.25, 0.3) is 5.56 Å². The number of hydrogen-bond acceptors (Lipinski definition) is 2. The van der Waals surface area contributed by atoms with E-state index in [9.17, 15) is 10.0 Å². The Morgan fingerprint density at radius 1 is 0.815 bits per heavy atom. The lowest BCUT2D eigenvalue weighted by molar-refractivity contribution is -0.592. The molecule has 2 heterocycles. The molecule has 4 rings (SSSR count). The van der Waals surface area contributed by atoms with Gasteiger partial charge in [-0.2, -0.15) is 4.73 Å². The molecular formula is C20H11Cl3N2O2. The van der Waals surface area contributed by atoms with E-state index in [1.807, 2.05) is 0 Å². The molecule has 2 aromatic carbocycles. The van der Waals surface area contributed by atoms with Crippen LogP contribution in [0.3, 0.4) is 0 Å². The minimum Gasteiger partial charge on any atom is -0.618 e. The van der Waals surface area contributed by atoms with Gasteiger partial charge < -0.3 is 5.21 Å². The van der Waals surface area contributed by atoms with Crippen LogP contribution in [-0.4, -0.2) is 4.57 Å². The third kappa shape index (κ3) is 2.96. The lowest BCUT2D eigenvalue weighted by Gasteiger charge is -2.15. The second-order valence-corrected chi connectivity index (χ2v) is 7.07. The van der Waals surface area contributed by atoms with Gasteiger partial charge in [0.2, 0.25) is 5.69 Å². The van der Waals surface area contributed by atoms with E-state index in [1.54, 1.807) is 54.6 Å². The molecule has 134 valence electrons. The maximum atomic E-state index is 12.7. The molecule has 0 aliphatic heterocycles. The van der Waals surface area contributed by atoms with E-state index in [1.165, 1.54) is 16.8 Å². The molecule has 0 bridgehead atoms. The number of pyridine rings is 2. The Morgan fingerprint density at radius 2 is 1.48 bits per heavy atom. The third-order valence-electron chi connectivity index (χ3n) is 4.26. The minimum atomic E-state index is -0.314. The van der Waals surface area contributed by atoms with Gasteiger partial charge in [0.15, 0.2) is 6.20 Å². The molecule has 0 atom stereocenters. The molecule has 0 saturated carbocycles. The van der Waals surface area contributed by atoms with E-state index in [0.717, 1.165) is 4.73 Å². The molecule has 0 aliphatic carbocycles. The number of para-hydroxylation sites is 1. The van der Waals surface area contributed by atoms with E-state index >= 15 is 0 Å². The molecule has 0 saturated heterocycles. The molecule has 7 heteroatoms. The summed E-state index contributed by atoms with van der Waals surface area (Å²) in [5, 5.41) is 14.2. The minimum absolute atomic E-state index is 0.314. The number of fused-ring (bicyclic) bond motifs is 1. The first kappa shape index (κ1) is 17.9. The normalized spacial score (nSPS) is 11.1. The molecule has 2 aromatic heterocycles. The summed E-state index contributed by atoms with van der Waals surface area (Å²) >= 11 is 18.9. The Kier molecular flexibility index (Phi) is 4.56. The van der Waals surface area contributed by atoms with Crippen LogP contribution in [0, 0.1) is 5.21 Å². The van der Waals surface area contributed by atoms with E-state index in [4.69, 9.17) is 34.8 Å². The Bertz CT molecular complexity index is 1230. The summed E-state index contributed by atoms with van der Waals surface area (Å²) in [4.78, 5) is 12.7. The van der Waals surface area contributed by atoms with Crippen LogP contribution in [0.25, 0.3) is 27.8 Å². The molecular weight excluding hydrogens is 407 g/mol. The average molecular weight is 418 g/mol. The third-order valence-corrected chi connectivity index (χ3v) is 5.20. The standard InChI is InChI=1S/C20H11Cl3N2O2/c21-14-5-2-1-4-12(14)19-13-8-9-18(26)25(17(13)10-11-24(19)27)20-15(22)6-3-7-16(20)23/h1-11H. The van der Waals surface area contributed by atoms with Crippen molar-refractivity contribution >= 4 is 45.7 Å². The Hall–Kier alpha value is -2.53. The van der Waals surface area contributed by atoms with Crippen LogP contribution in [0.15, 0.2) is 71.7 Å². The van der Waals surface area contributed by atoms with Crippen molar-refractivity contribution in [1.82, 2.24) is 4.57 Å². The number of halogens is 3. The number of rotatable bonds is 2. The quantitative estimate of drug-likeness (QED) is 0.330. The van der Waals surface area contributed by atoms with Crippen LogP contribution < -0.4 is 10.3 Å². The smallest absolute Gasteiger partial charge is 0.255 e. The number of aromatic nitrogens is 2. The first-order chi connectivity index (χ1) is 13.0. The van der Waals surface area contributed by atoms with Gasteiger partial charge in [-0.25, -0.2) is 0 Å². The fourth-order valence-corrected chi connectivity index (χ4v) is 3.89. The van der Waals surface area contributed by atoms with Crippen LogP contribution in [0.1, 0.15) is 0 Å². The van der Waals surface area contributed by atoms with Crippen LogP contribution in [0.5, 0.6) is 0 Å². The van der Waals surface area contributed by atoms with Gasteiger partial charge in [-0.05, 0) is 30.3 Å². The van der Waals surface area contributed by atoms with E-state index in [2.05, 4.69) is 0 Å². The van der Waals surface area contributed by atoms with Crippen molar-refractivity contribution in [3.05, 3.63) is 97.5 Å². The molecule has 0 aliphatic rings. The highest BCUT2D eigenvalue weighted by Gasteiger charge is 2.21. The van der Waals surface area contributed by atoms with Crippen molar-refractivity contribution in [3.8, 4) is 16.9 Å². The summed E-state index contributed by atoms with van der Waals surface area (Å²) in [6.45, 7) is 0. The topological polar surface area (TPSA) is 48.9 Å². The van der Waals surface area contributed by atoms with Gasteiger partial charge in [0, 0.05) is 12.1 Å². The van der Waals surface area contributed by atoms with Gasteiger partial charge in [-0.3, -0.25) is 9.36 Å². The second kappa shape index (κ2) is 6.89. The van der Waals surface area contributed by atoms with Crippen molar-refractivity contribution in [2.24, 2.45) is 0 Å². The van der Waals surface area contributed by atoms with E-state index in [0.29, 0.717) is 42.9 Å². The van der Waals surface area contributed by atoms with Crippen molar-refractivity contribution in [2.75, 3.05) is 0 Å². The van der Waals surface area contributed by atoms with Gasteiger partial charge in [0.1, 0.15) is 0 Å². The van der Waals surface area contributed by atoms with Crippen molar-refractivity contribution in [2.45, 2.75) is 0 Å². The summed E-state index contributed by atoms with van der Waals surface area (Å²) in [5.41, 5.74) is 1.46. The van der Waals surface area contributed by atoms with Crippen molar-refractivity contribution in [1.29, 1.82) is 0 Å². The lowest BCUT2D eigenvalue weighted by Crippen LogP contribution is -2.30. The zero-order valence-corrected chi connectivity index (χ0v) is 16.0. The fraction of sp³-hybridized carbons (Fsp3) is 0. The van der Waals surface area contributed by atoms with Gasteiger partial charge in [0.05, 0.1) is 37.2 Å². The molecule has 4 aromatic rings. The Balaban J connectivity index is 2.16. The highest BCUT2D eigenvalue weighted by atomic mass is 35.5. The highest BCUT2D eigenvalue weighted by Crippen LogP contribution is 2.33. The average Bonchev–Trinajstić information content (AvgIpc) is 2.64. The molecule has 4 nitrogen and oxygen atoms in total. The second-order valence-electron chi connectivity index (χ2n) is 5.85. The fourth-order valence-electron chi connectivity index (χ4n) is 3.10. The molecule has 0 spiro atoms. The lowest BCUT2D eigenvalue weighted by atomic mass is 10.1. The van der Waals surface area contributed by atoms with E-state index in [-0.39, 0.29) is 5.56 Å².